The fraction of sp³-hybridized carbons (Fsp3) is 0.368. The molecule has 1 aliphatic rings. The molecule has 0 bridgehead atoms. The van der Waals surface area contributed by atoms with Crippen molar-refractivity contribution >= 4 is 21.8 Å². The van der Waals surface area contributed by atoms with Crippen LogP contribution in [0.1, 0.15) is 5.56 Å². The van der Waals surface area contributed by atoms with Crippen LogP contribution in [0.5, 0.6) is 11.5 Å². The maximum Gasteiger partial charge on any atom is 0.289 e. The van der Waals surface area contributed by atoms with Crippen molar-refractivity contribution in [3.8, 4) is 11.5 Å². The molecule has 0 atom stereocenters. The molecule has 1 saturated heterocycles. The Labute approximate surface area is 172 Å². The Kier molecular flexibility index (Phi) is 7.33. The lowest BCUT2D eigenvalue weighted by molar-refractivity contribution is 0.0730. The molecule has 0 amide bonds. The lowest BCUT2D eigenvalue weighted by Crippen LogP contribution is -2.40. The summed E-state index contributed by atoms with van der Waals surface area (Å²) >= 11 is 0.420. The van der Waals surface area contributed by atoms with Crippen LogP contribution in [0.25, 0.3) is 0 Å². The molecule has 0 aromatic heterocycles. The first-order valence-corrected chi connectivity index (χ1v) is 11.1. The number of ether oxygens (including phenoxy) is 3. The lowest BCUT2D eigenvalue weighted by atomic mass is 10.2. The first kappa shape index (κ1) is 21.8. The minimum absolute atomic E-state index is 0.186. The van der Waals surface area contributed by atoms with Crippen molar-refractivity contribution in [2.24, 2.45) is 0 Å². The zero-order chi connectivity index (χ0) is 20.9. The number of benzene rings is 2. The summed E-state index contributed by atoms with van der Waals surface area (Å²) < 4.78 is 67.8. The molecule has 0 radical (unpaired) electrons. The normalized spacial score (nSPS) is 15.4. The highest BCUT2D eigenvalue weighted by Gasteiger charge is 2.26. The summed E-state index contributed by atoms with van der Waals surface area (Å²) in [6.07, 6.45) is 0. The second-order valence-corrected chi connectivity index (χ2v) is 9.11. The number of nitrogens with zero attached hydrogens (tertiary/aromatic N) is 1. The van der Waals surface area contributed by atoms with Gasteiger partial charge in [-0.15, -0.1) is 0 Å². The Morgan fingerprint density at radius 2 is 1.83 bits per heavy atom. The summed E-state index contributed by atoms with van der Waals surface area (Å²) in [4.78, 5) is 0.547. The van der Waals surface area contributed by atoms with Gasteiger partial charge in [0, 0.05) is 13.1 Å². The van der Waals surface area contributed by atoms with E-state index in [1.54, 1.807) is 30.3 Å². The summed E-state index contributed by atoms with van der Waals surface area (Å²) in [5.74, 6) is -1.68. The number of halogens is 2. The number of alkyl halides is 2. The Morgan fingerprint density at radius 1 is 1.14 bits per heavy atom. The van der Waals surface area contributed by atoms with Crippen LogP contribution in [0, 0.1) is 0 Å². The first-order valence-electron chi connectivity index (χ1n) is 8.82. The van der Waals surface area contributed by atoms with Gasteiger partial charge in [0.25, 0.3) is 5.76 Å². The standard InChI is InChI=1S/C19H21F2NO5S2/c1-25-17-12-14(2-7-18(17)28-19(20)21)13-27-15-3-5-16(6-4-15)29(23,24)22-8-10-26-11-9-22/h2-7,12,19H,8-11,13H2,1H3. The molecule has 0 N–H and O–H groups in total. The van der Waals surface area contributed by atoms with Crippen LogP contribution >= 0.6 is 11.8 Å². The van der Waals surface area contributed by atoms with E-state index in [2.05, 4.69) is 0 Å². The van der Waals surface area contributed by atoms with Gasteiger partial charge in [-0.2, -0.15) is 13.1 Å². The van der Waals surface area contributed by atoms with Gasteiger partial charge in [-0.3, -0.25) is 0 Å². The quantitative estimate of drug-likeness (QED) is 0.579. The molecule has 2 aromatic carbocycles. The largest absolute Gasteiger partial charge is 0.496 e. The zero-order valence-corrected chi connectivity index (χ0v) is 17.3. The predicted octanol–water partition coefficient (Wildman–Crippen LogP) is 3.61. The highest BCUT2D eigenvalue weighted by molar-refractivity contribution is 7.99. The Balaban J connectivity index is 1.64. The first-order chi connectivity index (χ1) is 13.9. The molecular formula is C19H21F2NO5S2. The molecule has 3 rings (SSSR count). The molecule has 1 fully saturated rings. The molecular weight excluding hydrogens is 424 g/mol. The minimum atomic E-state index is -3.55. The average molecular weight is 446 g/mol. The number of thioether (sulfide) groups is 1. The van der Waals surface area contributed by atoms with E-state index in [9.17, 15) is 17.2 Å². The summed E-state index contributed by atoms with van der Waals surface area (Å²) in [7, 11) is -2.13. The second-order valence-electron chi connectivity index (χ2n) is 6.14. The smallest absolute Gasteiger partial charge is 0.289 e. The summed E-state index contributed by atoms with van der Waals surface area (Å²) in [5.41, 5.74) is 0.741. The number of sulfonamides is 1. The van der Waals surface area contributed by atoms with Gasteiger partial charge in [0.1, 0.15) is 18.1 Å². The monoisotopic (exact) mass is 445 g/mol. The minimum Gasteiger partial charge on any atom is -0.496 e. The predicted molar refractivity (Wildman–Crippen MR) is 105 cm³/mol. The van der Waals surface area contributed by atoms with Crippen molar-refractivity contribution in [3.63, 3.8) is 0 Å². The summed E-state index contributed by atoms with van der Waals surface area (Å²) in [6.45, 7) is 1.63. The van der Waals surface area contributed by atoms with E-state index in [0.717, 1.165) is 5.56 Å². The molecule has 158 valence electrons. The molecule has 6 nitrogen and oxygen atoms in total. The Bertz CT molecular complexity index is 917. The molecule has 10 heteroatoms. The maximum absolute atomic E-state index is 12.6. The molecule has 29 heavy (non-hydrogen) atoms. The number of morpholine rings is 1. The summed E-state index contributed by atoms with van der Waals surface area (Å²) in [5, 5.41) is 0. The van der Waals surface area contributed by atoms with Gasteiger partial charge in [-0.1, -0.05) is 17.8 Å². The Hall–Kier alpha value is -1.88. The third kappa shape index (κ3) is 5.59. The van der Waals surface area contributed by atoms with Crippen molar-refractivity contribution in [2.45, 2.75) is 22.2 Å². The van der Waals surface area contributed by atoms with Gasteiger partial charge in [0.15, 0.2) is 0 Å². The number of hydrogen-bond donors (Lipinski definition) is 0. The topological polar surface area (TPSA) is 65.1 Å². The van der Waals surface area contributed by atoms with E-state index in [1.807, 2.05) is 0 Å². The maximum atomic E-state index is 12.6. The highest BCUT2D eigenvalue weighted by atomic mass is 32.2. The van der Waals surface area contributed by atoms with Crippen molar-refractivity contribution < 1.29 is 31.4 Å². The third-order valence-electron chi connectivity index (χ3n) is 4.28. The van der Waals surface area contributed by atoms with E-state index < -0.39 is 15.8 Å². The van der Waals surface area contributed by atoms with Crippen LogP contribution in [0.3, 0.4) is 0 Å². The van der Waals surface area contributed by atoms with Crippen LogP contribution in [0.15, 0.2) is 52.3 Å². The van der Waals surface area contributed by atoms with Crippen LogP contribution in [0.4, 0.5) is 8.78 Å². The highest BCUT2D eigenvalue weighted by Crippen LogP contribution is 2.34. The Morgan fingerprint density at radius 3 is 2.45 bits per heavy atom. The molecule has 0 unspecified atom stereocenters. The number of methoxy groups -OCH3 is 1. The van der Waals surface area contributed by atoms with E-state index in [1.165, 1.54) is 23.5 Å². The van der Waals surface area contributed by atoms with Gasteiger partial charge in [0.2, 0.25) is 10.0 Å². The fourth-order valence-corrected chi connectivity index (χ4v) is 4.81. The number of rotatable bonds is 8. The lowest BCUT2D eigenvalue weighted by Gasteiger charge is -2.26. The SMILES string of the molecule is COc1cc(COc2ccc(S(=O)(=O)N3CCOCC3)cc2)ccc1SC(F)F. The van der Waals surface area contributed by atoms with Crippen LogP contribution in [-0.2, 0) is 21.4 Å². The third-order valence-corrected chi connectivity index (χ3v) is 6.96. The van der Waals surface area contributed by atoms with Crippen molar-refractivity contribution in [2.75, 3.05) is 33.4 Å². The molecule has 0 aliphatic carbocycles. The second kappa shape index (κ2) is 9.75. The van der Waals surface area contributed by atoms with Crippen molar-refractivity contribution in [1.82, 2.24) is 4.31 Å². The van der Waals surface area contributed by atoms with Crippen molar-refractivity contribution in [3.05, 3.63) is 48.0 Å². The van der Waals surface area contributed by atoms with Crippen molar-refractivity contribution in [1.29, 1.82) is 0 Å². The van der Waals surface area contributed by atoms with Gasteiger partial charge in [-0.25, -0.2) is 8.42 Å². The van der Waals surface area contributed by atoms with E-state index >= 15 is 0 Å². The van der Waals surface area contributed by atoms with E-state index in [0.29, 0.717) is 54.5 Å². The van der Waals surface area contributed by atoms with Crippen LogP contribution in [-0.4, -0.2) is 51.9 Å². The molecule has 0 spiro atoms. The zero-order valence-electron chi connectivity index (χ0n) is 15.7. The van der Waals surface area contributed by atoms with Crippen LogP contribution in [0.2, 0.25) is 0 Å². The van der Waals surface area contributed by atoms with E-state index in [4.69, 9.17) is 14.2 Å². The fourth-order valence-electron chi connectivity index (χ4n) is 2.81. The van der Waals surface area contributed by atoms with Gasteiger partial charge >= 0.3 is 0 Å². The molecule has 2 aromatic rings. The average Bonchev–Trinajstić information content (AvgIpc) is 2.73. The van der Waals surface area contributed by atoms with E-state index in [-0.39, 0.29) is 11.5 Å². The molecule has 1 heterocycles. The van der Waals surface area contributed by atoms with Crippen LogP contribution < -0.4 is 9.47 Å². The van der Waals surface area contributed by atoms with Gasteiger partial charge in [-0.05, 0) is 42.0 Å². The molecule has 0 saturated carbocycles. The molecule has 1 aliphatic heterocycles. The van der Waals surface area contributed by atoms with Gasteiger partial charge in [0.05, 0.1) is 30.1 Å². The van der Waals surface area contributed by atoms with Gasteiger partial charge < -0.3 is 14.2 Å². The number of hydrogen-bond acceptors (Lipinski definition) is 6. The summed E-state index contributed by atoms with van der Waals surface area (Å²) in [6, 6.07) is 11.1.